The van der Waals surface area contributed by atoms with Gasteiger partial charge in [0.25, 0.3) is 0 Å². The van der Waals surface area contributed by atoms with Gasteiger partial charge < -0.3 is 9.32 Å². The third-order valence-electron chi connectivity index (χ3n) is 22.1. The summed E-state index contributed by atoms with van der Waals surface area (Å²) in [5.41, 5.74) is 16.0. The van der Waals surface area contributed by atoms with Crippen LogP contribution in [0.25, 0.3) is 0 Å². The predicted octanol–water partition coefficient (Wildman–Crippen LogP) is 23.3. The fraction of sp³-hybridized carbons (Fsp3) is 0.292. The van der Waals surface area contributed by atoms with E-state index < -0.39 is 0 Å². The molecule has 10 aromatic rings. The van der Waals surface area contributed by atoms with E-state index in [0.717, 1.165) is 150 Å². The van der Waals surface area contributed by atoms with E-state index in [9.17, 15) is 28.8 Å². The van der Waals surface area contributed by atoms with Gasteiger partial charge in [-0.15, -0.1) is 0 Å². The molecule has 0 saturated heterocycles. The minimum atomic E-state index is -0.124. The van der Waals surface area contributed by atoms with Crippen molar-refractivity contribution in [3.63, 3.8) is 0 Å². The number of Topliss-reactive ketones (excluding diaryl/α,β-unsaturated/α-hetero) is 6. The zero-order chi connectivity index (χ0) is 72.7. The molecule has 0 aliphatic heterocycles. The highest BCUT2D eigenvalue weighted by atomic mass is 127. The van der Waals surface area contributed by atoms with Crippen LogP contribution in [-0.4, -0.2) is 53.8 Å². The van der Waals surface area contributed by atoms with Crippen molar-refractivity contribution in [2.75, 3.05) is 19.0 Å². The van der Waals surface area contributed by atoms with E-state index in [2.05, 4.69) is 81.4 Å². The van der Waals surface area contributed by atoms with Crippen LogP contribution in [0.4, 0.5) is 5.69 Å². The first-order valence-electron chi connectivity index (χ1n) is 36.1. The van der Waals surface area contributed by atoms with Gasteiger partial charge in [-0.2, -0.15) is 0 Å². The number of pyridine rings is 1. The second-order valence-electron chi connectivity index (χ2n) is 28.4. The Morgan fingerprint density at radius 2 is 0.827 bits per heavy atom. The summed E-state index contributed by atoms with van der Waals surface area (Å²) >= 11 is 25.3. The molecule has 6 atom stereocenters. The molecule has 2 aromatic heterocycles. The molecule has 2 saturated carbocycles. The molecule has 15 heteroatoms. The van der Waals surface area contributed by atoms with Crippen LogP contribution in [0.1, 0.15) is 206 Å². The summed E-state index contributed by atoms with van der Waals surface area (Å²) in [7, 11) is 3.96. The van der Waals surface area contributed by atoms with Crippen LogP contribution in [0.15, 0.2) is 224 Å². The number of benzene rings is 8. The fourth-order valence-corrected chi connectivity index (χ4v) is 19.4. The smallest absolute Gasteiger partial charge is 0.174 e. The first-order valence-corrected chi connectivity index (χ1v) is 40.3. The van der Waals surface area contributed by atoms with Crippen molar-refractivity contribution < 1.29 is 33.2 Å². The van der Waals surface area contributed by atoms with Crippen molar-refractivity contribution in [3.8, 4) is 0 Å². The largest absolute Gasteiger partial charge is 0.469 e. The number of hydrogen-bond donors (Lipinski definition) is 0. The summed E-state index contributed by atoms with van der Waals surface area (Å²) in [6, 6.07) is 62.4. The van der Waals surface area contributed by atoms with Crippen LogP contribution in [0.5, 0.6) is 0 Å². The van der Waals surface area contributed by atoms with Crippen LogP contribution in [0.3, 0.4) is 0 Å². The molecular formula is C89H80Br3Cl2IN2O7. The van der Waals surface area contributed by atoms with Crippen molar-refractivity contribution in [1.82, 2.24) is 4.98 Å². The molecule has 0 spiro atoms. The Kier molecular flexibility index (Phi) is 24.6. The number of hydrogen-bond acceptors (Lipinski definition) is 9. The van der Waals surface area contributed by atoms with E-state index in [4.69, 9.17) is 27.6 Å². The monoisotopic (exact) mass is 1720 g/mol. The Hall–Kier alpha value is -7.24. The van der Waals surface area contributed by atoms with Crippen molar-refractivity contribution in [3.05, 3.63) is 323 Å². The molecule has 2 heterocycles. The van der Waals surface area contributed by atoms with Crippen molar-refractivity contribution in [2.45, 2.75) is 126 Å². The van der Waals surface area contributed by atoms with Gasteiger partial charge in [-0.1, -0.05) is 237 Å². The highest BCUT2D eigenvalue weighted by Gasteiger charge is 2.41. The van der Waals surface area contributed by atoms with Gasteiger partial charge >= 0.3 is 0 Å². The second kappa shape index (κ2) is 34.1. The zero-order valence-electron chi connectivity index (χ0n) is 58.1. The summed E-state index contributed by atoms with van der Waals surface area (Å²) in [5, 5.41) is 1.48. The molecule has 8 aliphatic rings. The van der Waals surface area contributed by atoms with Gasteiger partial charge in [-0.05, 0) is 210 Å². The highest BCUT2D eigenvalue weighted by molar-refractivity contribution is 14.1. The summed E-state index contributed by atoms with van der Waals surface area (Å²) in [4.78, 5) is 80.7. The Morgan fingerprint density at radius 3 is 1.33 bits per heavy atom. The Morgan fingerprint density at radius 1 is 0.394 bits per heavy atom. The maximum Gasteiger partial charge on any atom is 0.174 e. The van der Waals surface area contributed by atoms with Crippen molar-refractivity contribution in [2.24, 2.45) is 23.7 Å². The number of rotatable bonds is 7. The van der Waals surface area contributed by atoms with Gasteiger partial charge in [0.1, 0.15) is 5.76 Å². The van der Waals surface area contributed by atoms with E-state index in [1.165, 1.54) is 69.8 Å². The number of furan rings is 1. The molecule has 0 amide bonds. The number of aromatic nitrogens is 1. The average Bonchev–Trinajstić information content (AvgIpc) is 1.63. The van der Waals surface area contributed by atoms with Gasteiger partial charge in [0.15, 0.2) is 34.7 Å². The molecule has 0 bridgehead atoms. The third-order valence-corrected chi connectivity index (χ3v) is 26.0. The van der Waals surface area contributed by atoms with E-state index in [0.29, 0.717) is 28.4 Å². The molecule has 6 unspecified atom stereocenters. The lowest BCUT2D eigenvalue weighted by atomic mass is 9.78. The lowest BCUT2D eigenvalue weighted by Gasteiger charge is -2.26. The molecule has 9 nitrogen and oxygen atoms in total. The topological polar surface area (TPSA) is 132 Å². The van der Waals surface area contributed by atoms with Crippen LogP contribution in [0.2, 0.25) is 10.0 Å². The third kappa shape index (κ3) is 16.2. The lowest BCUT2D eigenvalue weighted by molar-refractivity contribution is 0.0861. The first-order chi connectivity index (χ1) is 50.4. The molecule has 0 radical (unpaired) electrons. The summed E-state index contributed by atoms with van der Waals surface area (Å²) in [6.45, 7) is 0. The standard InChI is InChI=1S/C17H16BrNO.C15H17BrO.C15H17ClO.C15H11ClO.C14H10BrNO.C13H9IO2/c1-19(2)15-9-8-14(18)13-10-12(17(20)16(13)15)11-6-4-3-5-7-11;3*16-14-8-4-7-11-13(14)9-12(15(11)17)10-5-2-1-3-6-10;15-12-5-3-4-9-10(12)8-11(14(9)17)13-6-1-2-7-16-13;14-11-4-1-3-8-9(11)7-10(13(8)15)12-5-2-6-16-12/h3-9,12H,10H2,1-2H3;2*4,7-8,10,12H,1-3,5-6,9H2;1-8,12H,9H2;1-7,11H,8H2;1-6,10H,7H2. The van der Waals surface area contributed by atoms with Gasteiger partial charge in [-0.25, -0.2) is 0 Å². The Balaban J connectivity index is 0.000000111. The second-order valence-corrected chi connectivity index (χ2v) is 32.9. The van der Waals surface area contributed by atoms with Gasteiger partial charge in [-0.3, -0.25) is 33.8 Å². The van der Waals surface area contributed by atoms with E-state index >= 15 is 0 Å². The first kappa shape index (κ1) is 75.0. The minimum absolute atomic E-state index is 0.0522. The quantitative estimate of drug-likeness (QED) is 0.143. The molecule has 18 rings (SSSR count). The summed E-state index contributed by atoms with van der Waals surface area (Å²) < 4.78 is 9.66. The lowest BCUT2D eigenvalue weighted by Crippen LogP contribution is -2.22. The van der Waals surface area contributed by atoms with E-state index in [-0.39, 0.29) is 58.6 Å². The molecule has 104 heavy (non-hydrogen) atoms. The predicted molar refractivity (Wildman–Crippen MR) is 434 cm³/mol. The minimum Gasteiger partial charge on any atom is -0.469 e. The number of carbonyl (C=O) groups is 6. The van der Waals surface area contributed by atoms with Crippen LogP contribution < -0.4 is 4.90 Å². The van der Waals surface area contributed by atoms with Gasteiger partial charge in [0.2, 0.25) is 0 Å². The SMILES string of the molecule is CN(C)c1ccc(Br)c2c1C(=O)C(c1ccccc1)C2.O=C1c2cccc(Br)c2CC1C1CCCCC1.O=C1c2cccc(Br)c2CC1c1ccccn1.O=C1c2cccc(Cl)c2CC1C1CCCCC1.O=C1c2cccc(Cl)c2CC1c1ccccc1.O=C1c2cccc(I)c2CC1c1ccco1. The molecular weight excluding hydrogens is 1650 g/mol. The molecule has 8 aromatic carbocycles. The number of carbonyl (C=O) groups excluding carboxylic acids is 6. The highest BCUT2D eigenvalue weighted by Crippen LogP contribution is 2.46. The van der Waals surface area contributed by atoms with E-state index in [1.54, 1.807) is 12.5 Å². The van der Waals surface area contributed by atoms with Crippen LogP contribution in [-0.2, 0) is 38.5 Å². The fourth-order valence-electron chi connectivity index (χ4n) is 16.7. The normalized spacial score (nSPS) is 20.3. The van der Waals surface area contributed by atoms with E-state index in [1.807, 2.05) is 207 Å². The Labute approximate surface area is 658 Å². The number of ketones is 6. The number of nitrogens with zero attached hydrogens (tertiary/aromatic N) is 2. The van der Waals surface area contributed by atoms with Gasteiger partial charge in [0, 0.05) is 98.2 Å². The van der Waals surface area contributed by atoms with Crippen molar-refractivity contribution in [1.29, 1.82) is 0 Å². The number of fused-ring (bicyclic) bond motifs is 6. The van der Waals surface area contributed by atoms with Crippen LogP contribution >= 0.6 is 93.6 Å². The summed E-state index contributed by atoms with van der Waals surface area (Å²) in [6.07, 6.45) is 21.0. The Bertz CT molecular complexity index is 4630. The maximum atomic E-state index is 12.8. The molecule has 2 fully saturated rings. The van der Waals surface area contributed by atoms with Crippen molar-refractivity contribution >= 4 is 134 Å². The zero-order valence-corrected chi connectivity index (χ0v) is 66.5. The summed E-state index contributed by atoms with van der Waals surface area (Å²) in [5.74, 6) is 3.65. The molecule has 0 N–H and O–H groups in total. The maximum absolute atomic E-state index is 12.8. The molecule has 8 aliphatic carbocycles. The van der Waals surface area contributed by atoms with Crippen LogP contribution in [0, 0.1) is 27.2 Å². The molecule has 530 valence electrons. The number of halogens is 6. The average molecular weight is 1730 g/mol. The number of anilines is 1. The van der Waals surface area contributed by atoms with Gasteiger partial charge in [0.05, 0.1) is 35.6 Å².